The molecular formula is C25H35N9O2. The lowest BCUT2D eigenvalue weighted by Crippen LogP contribution is -2.51. The zero-order valence-corrected chi connectivity index (χ0v) is 21.3. The van der Waals surface area contributed by atoms with Gasteiger partial charge in [-0.15, -0.1) is 0 Å². The smallest absolute Gasteiger partial charge is 0.319 e. The number of hydrogen-bond acceptors (Lipinski definition) is 8. The summed E-state index contributed by atoms with van der Waals surface area (Å²) in [5.41, 5.74) is 3.27. The average Bonchev–Trinajstić information content (AvgIpc) is 3.38. The van der Waals surface area contributed by atoms with Gasteiger partial charge in [-0.1, -0.05) is 19.3 Å². The van der Waals surface area contributed by atoms with E-state index in [1.807, 2.05) is 17.0 Å². The predicted octanol–water partition coefficient (Wildman–Crippen LogP) is 3.65. The number of rotatable bonds is 6. The predicted molar refractivity (Wildman–Crippen MR) is 141 cm³/mol. The van der Waals surface area contributed by atoms with E-state index in [2.05, 4.69) is 36.6 Å². The van der Waals surface area contributed by atoms with Gasteiger partial charge < -0.3 is 35.1 Å². The highest BCUT2D eigenvalue weighted by Crippen LogP contribution is 2.33. The first-order valence-corrected chi connectivity index (χ1v) is 12.7. The van der Waals surface area contributed by atoms with Crippen LogP contribution < -0.4 is 20.3 Å². The van der Waals surface area contributed by atoms with Crippen molar-refractivity contribution in [1.29, 1.82) is 0 Å². The molecule has 0 spiro atoms. The van der Waals surface area contributed by atoms with Gasteiger partial charge in [-0.3, -0.25) is 0 Å². The number of aromatic nitrogens is 4. The molecule has 1 aliphatic carbocycles. The topological polar surface area (TPSA) is 115 Å². The van der Waals surface area contributed by atoms with Crippen molar-refractivity contribution in [3.63, 3.8) is 0 Å². The third kappa shape index (κ3) is 5.09. The summed E-state index contributed by atoms with van der Waals surface area (Å²) in [5.74, 6) is 1.93. The van der Waals surface area contributed by atoms with Gasteiger partial charge >= 0.3 is 6.03 Å². The Balaban J connectivity index is 1.32. The molecule has 3 N–H and O–H groups in total. The lowest BCUT2D eigenvalue weighted by atomic mass is 9.95. The minimum absolute atomic E-state index is 0.0540. The Labute approximate surface area is 211 Å². The molecule has 11 nitrogen and oxygen atoms in total. The Morgan fingerprint density at radius 2 is 1.89 bits per heavy atom. The van der Waals surface area contributed by atoms with Gasteiger partial charge in [-0.2, -0.15) is 9.97 Å². The summed E-state index contributed by atoms with van der Waals surface area (Å²) < 4.78 is 5.71. The van der Waals surface area contributed by atoms with Crippen LogP contribution in [-0.2, 0) is 0 Å². The number of benzene rings is 1. The van der Waals surface area contributed by atoms with Crippen LogP contribution in [0.15, 0.2) is 24.5 Å². The van der Waals surface area contributed by atoms with Gasteiger partial charge in [0.2, 0.25) is 5.95 Å². The number of fused-ring (bicyclic) bond motifs is 1. The molecule has 0 bridgehead atoms. The van der Waals surface area contributed by atoms with Gasteiger partial charge in [-0.25, -0.2) is 9.78 Å². The van der Waals surface area contributed by atoms with Gasteiger partial charge in [0.1, 0.15) is 11.3 Å². The molecule has 1 saturated heterocycles. The van der Waals surface area contributed by atoms with E-state index in [0.717, 1.165) is 48.6 Å². The van der Waals surface area contributed by atoms with Gasteiger partial charge in [0.15, 0.2) is 11.5 Å². The Bertz CT molecular complexity index is 1200. The zero-order chi connectivity index (χ0) is 25.1. The highest BCUT2D eigenvalue weighted by atomic mass is 16.5. The fourth-order valence-corrected chi connectivity index (χ4v) is 4.97. The molecule has 5 rings (SSSR count). The maximum atomic E-state index is 12.2. The summed E-state index contributed by atoms with van der Waals surface area (Å²) in [6, 6.07) is 6.52. The van der Waals surface area contributed by atoms with Crippen molar-refractivity contribution >= 4 is 40.3 Å². The van der Waals surface area contributed by atoms with Crippen LogP contribution in [0.1, 0.15) is 32.1 Å². The number of carbonyl (C=O) groups excluding carboxylic acids is 1. The van der Waals surface area contributed by atoms with Crippen LogP contribution in [0.25, 0.3) is 11.2 Å². The van der Waals surface area contributed by atoms with Crippen LogP contribution in [0.4, 0.5) is 27.9 Å². The first kappa shape index (κ1) is 24.0. The number of aromatic amines is 1. The van der Waals surface area contributed by atoms with E-state index in [4.69, 9.17) is 9.72 Å². The van der Waals surface area contributed by atoms with Crippen molar-refractivity contribution in [2.75, 3.05) is 62.9 Å². The van der Waals surface area contributed by atoms with E-state index in [-0.39, 0.29) is 6.03 Å². The molecule has 11 heteroatoms. The van der Waals surface area contributed by atoms with Crippen LogP contribution in [0, 0.1) is 0 Å². The van der Waals surface area contributed by atoms with E-state index < -0.39 is 0 Å². The lowest BCUT2D eigenvalue weighted by molar-refractivity contribution is 0.168. The summed E-state index contributed by atoms with van der Waals surface area (Å²) >= 11 is 0. The maximum Gasteiger partial charge on any atom is 0.319 e. The second-order valence-electron chi connectivity index (χ2n) is 9.64. The van der Waals surface area contributed by atoms with E-state index in [1.165, 1.54) is 19.3 Å². The fourth-order valence-electron chi connectivity index (χ4n) is 4.97. The summed E-state index contributed by atoms with van der Waals surface area (Å²) in [6.45, 7) is 2.92. The Hall–Kier alpha value is -3.76. The number of urea groups is 1. The number of piperazine rings is 1. The van der Waals surface area contributed by atoms with Crippen LogP contribution in [0.2, 0.25) is 0 Å². The molecule has 0 radical (unpaired) electrons. The van der Waals surface area contributed by atoms with Crippen LogP contribution in [0.5, 0.6) is 5.75 Å². The SMILES string of the molecule is COc1cc(N2CCN(C(=O)N(C)C)CC2)ccc1Nc1nc(NC2CCCCC2)c2nc[nH]c2n1. The first-order valence-electron chi connectivity index (χ1n) is 12.7. The number of ether oxygens (including phenoxy) is 1. The average molecular weight is 494 g/mol. The first-order chi connectivity index (χ1) is 17.5. The molecule has 2 aromatic heterocycles. The maximum absolute atomic E-state index is 12.2. The number of anilines is 4. The van der Waals surface area contributed by atoms with E-state index >= 15 is 0 Å². The van der Waals surface area contributed by atoms with Crippen LogP contribution >= 0.6 is 0 Å². The quantitative estimate of drug-likeness (QED) is 0.477. The summed E-state index contributed by atoms with van der Waals surface area (Å²) in [7, 11) is 5.23. The molecule has 2 amide bonds. The minimum Gasteiger partial charge on any atom is -0.494 e. The van der Waals surface area contributed by atoms with Crippen molar-refractivity contribution in [3.05, 3.63) is 24.5 Å². The summed E-state index contributed by atoms with van der Waals surface area (Å²) in [4.78, 5) is 34.9. The Morgan fingerprint density at radius 3 is 2.61 bits per heavy atom. The number of carbonyl (C=O) groups is 1. The zero-order valence-electron chi connectivity index (χ0n) is 21.3. The number of imidazole rings is 1. The number of methoxy groups -OCH3 is 1. The van der Waals surface area contributed by atoms with E-state index in [0.29, 0.717) is 36.5 Å². The summed E-state index contributed by atoms with van der Waals surface area (Å²) in [6.07, 6.45) is 7.71. The van der Waals surface area contributed by atoms with E-state index in [9.17, 15) is 4.79 Å². The molecule has 1 aliphatic heterocycles. The van der Waals surface area contributed by atoms with Gasteiger partial charge in [-0.05, 0) is 25.0 Å². The molecule has 3 aromatic rings. The fraction of sp³-hybridized carbons (Fsp3) is 0.520. The van der Waals surface area contributed by atoms with Crippen molar-refractivity contribution in [2.45, 2.75) is 38.1 Å². The van der Waals surface area contributed by atoms with Crippen molar-refractivity contribution in [2.24, 2.45) is 0 Å². The molecule has 36 heavy (non-hydrogen) atoms. The molecule has 2 aliphatic rings. The third-order valence-electron chi connectivity index (χ3n) is 6.95. The monoisotopic (exact) mass is 493 g/mol. The number of nitrogens with one attached hydrogen (secondary N) is 3. The molecule has 0 unspecified atom stereocenters. The van der Waals surface area contributed by atoms with Crippen molar-refractivity contribution < 1.29 is 9.53 Å². The largest absolute Gasteiger partial charge is 0.494 e. The number of nitrogens with zero attached hydrogens (tertiary/aromatic N) is 6. The summed E-state index contributed by atoms with van der Waals surface area (Å²) in [5, 5.41) is 6.93. The van der Waals surface area contributed by atoms with Crippen LogP contribution in [0.3, 0.4) is 0 Å². The van der Waals surface area contributed by atoms with Gasteiger partial charge in [0, 0.05) is 58.1 Å². The highest BCUT2D eigenvalue weighted by molar-refractivity contribution is 5.84. The second kappa shape index (κ2) is 10.5. The second-order valence-corrected chi connectivity index (χ2v) is 9.64. The Kier molecular flexibility index (Phi) is 6.97. The Morgan fingerprint density at radius 1 is 1.11 bits per heavy atom. The molecule has 192 valence electrons. The molecule has 1 saturated carbocycles. The van der Waals surface area contributed by atoms with Crippen molar-refractivity contribution in [1.82, 2.24) is 29.7 Å². The number of amides is 2. The normalized spacial score (nSPS) is 16.8. The molecule has 0 atom stereocenters. The number of H-pyrrole nitrogens is 1. The van der Waals surface area contributed by atoms with Gasteiger partial charge in [0.25, 0.3) is 0 Å². The molecular weight excluding hydrogens is 458 g/mol. The lowest BCUT2D eigenvalue weighted by Gasteiger charge is -2.37. The van der Waals surface area contributed by atoms with Crippen LogP contribution in [-0.4, -0.2) is 89.2 Å². The van der Waals surface area contributed by atoms with E-state index in [1.54, 1.807) is 32.4 Å². The molecule has 2 fully saturated rings. The van der Waals surface area contributed by atoms with Gasteiger partial charge in [0.05, 0.1) is 19.1 Å². The highest BCUT2D eigenvalue weighted by Gasteiger charge is 2.23. The molecule has 3 heterocycles. The molecule has 1 aromatic carbocycles. The third-order valence-corrected chi connectivity index (χ3v) is 6.95. The minimum atomic E-state index is 0.0540. The number of hydrogen-bond donors (Lipinski definition) is 3. The van der Waals surface area contributed by atoms with Crippen molar-refractivity contribution in [3.8, 4) is 5.75 Å². The standard InChI is InChI=1S/C25H35N9O2/c1-32(2)25(35)34-13-11-33(12-14-34)18-9-10-19(20(15-18)36-3)29-24-30-22-21(26-16-27-22)23(31-24)28-17-7-5-4-6-8-17/h9-10,15-17H,4-8,11-14H2,1-3H3,(H3,26,27,28,29,30,31).